The van der Waals surface area contributed by atoms with Crippen molar-refractivity contribution in [2.45, 2.75) is 59.8 Å². The molecule has 220 valence electrons. The Morgan fingerprint density at radius 2 is 2.05 bits per heavy atom. The Morgan fingerprint density at radius 1 is 1.16 bits per heavy atom. The normalized spacial score (nSPS) is 17.8. The van der Waals surface area contributed by atoms with Crippen LogP contribution in [0.3, 0.4) is 0 Å². The van der Waals surface area contributed by atoms with E-state index in [4.69, 9.17) is 4.99 Å². The van der Waals surface area contributed by atoms with Gasteiger partial charge in [-0.15, -0.1) is 5.73 Å². The van der Waals surface area contributed by atoms with Crippen LogP contribution in [-0.2, 0) is 0 Å². The maximum Gasteiger partial charge on any atom is 0.137 e. The third-order valence-electron chi connectivity index (χ3n) is 7.64. The first kappa shape index (κ1) is 31.3. The van der Waals surface area contributed by atoms with Gasteiger partial charge in [-0.1, -0.05) is 98.1 Å². The van der Waals surface area contributed by atoms with Crippen molar-refractivity contribution < 1.29 is 0 Å². The molecule has 0 unspecified atom stereocenters. The predicted molar refractivity (Wildman–Crippen MR) is 185 cm³/mol. The van der Waals surface area contributed by atoms with E-state index in [1.54, 1.807) is 0 Å². The molecule has 3 aliphatic rings. The molecule has 0 spiro atoms. The second-order valence-electron chi connectivity index (χ2n) is 10.8. The minimum absolute atomic E-state index is 0.657. The van der Waals surface area contributed by atoms with E-state index >= 15 is 0 Å². The molecule has 4 rings (SSSR count). The Morgan fingerprint density at radius 3 is 2.81 bits per heavy atom. The van der Waals surface area contributed by atoms with E-state index in [2.05, 4.69) is 140 Å². The Balaban J connectivity index is 1.45. The summed E-state index contributed by atoms with van der Waals surface area (Å²) in [4.78, 5) is 13.0. The molecule has 0 amide bonds. The first-order valence-electron chi connectivity index (χ1n) is 15.2. The second kappa shape index (κ2) is 16.1. The molecule has 0 saturated carbocycles. The highest BCUT2D eigenvalue weighted by molar-refractivity contribution is 5.87. The lowest BCUT2D eigenvalue weighted by molar-refractivity contribution is 1.00. The van der Waals surface area contributed by atoms with Crippen LogP contribution in [0.2, 0.25) is 0 Å². The van der Waals surface area contributed by atoms with Gasteiger partial charge < -0.3 is 10.3 Å². The van der Waals surface area contributed by atoms with Crippen molar-refractivity contribution in [1.82, 2.24) is 15.3 Å². The fourth-order valence-electron chi connectivity index (χ4n) is 4.75. The van der Waals surface area contributed by atoms with E-state index in [9.17, 15) is 0 Å². The molecule has 1 aromatic heterocycles. The summed E-state index contributed by atoms with van der Waals surface area (Å²) >= 11 is 0. The van der Waals surface area contributed by atoms with Crippen LogP contribution >= 0.6 is 0 Å². The molecule has 4 heteroatoms. The van der Waals surface area contributed by atoms with Gasteiger partial charge in [0.05, 0.1) is 18.4 Å². The summed E-state index contributed by atoms with van der Waals surface area (Å²) in [6.07, 6.45) is 38.3. The van der Waals surface area contributed by atoms with Gasteiger partial charge in [-0.2, -0.15) is 0 Å². The quantitative estimate of drug-likeness (QED) is 0.150. The van der Waals surface area contributed by atoms with Gasteiger partial charge in [0.2, 0.25) is 0 Å². The summed E-state index contributed by atoms with van der Waals surface area (Å²) in [5, 5.41) is 3.44. The highest BCUT2D eigenvalue weighted by Crippen LogP contribution is 2.25. The molecule has 0 fully saturated rings. The number of nitrogens with zero attached hydrogens (tertiary/aromatic N) is 2. The van der Waals surface area contributed by atoms with Gasteiger partial charge in [-0.05, 0) is 74.8 Å². The van der Waals surface area contributed by atoms with Crippen molar-refractivity contribution in [2.24, 2.45) is 4.99 Å². The van der Waals surface area contributed by atoms with Gasteiger partial charge in [-0.25, -0.2) is 4.98 Å². The number of nitrogens with one attached hydrogen (secondary N) is 2. The maximum absolute atomic E-state index is 4.87. The number of hydrogen-bond donors (Lipinski definition) is 2. The molecule has 2 N–H and O–H groups in total. The van der Waals surface area contributed by atoms with Crippen molar-refractivity contribution in [3.8, 4) is 0 Å². The van der Waals surface area contributed by atoms with E-state index in [1.807, 2.05) is 12.3 Å². The summed E-state index contributed by atoms with van der Waals surface area (Å²) < 4.78 is 0. The van der Waals surface area contributed by atoms with Crippen molar-refractivity contribution in [2.75, 3.05) is 6.54 Å². The lowest BCUT2D eigenvalue weighted by atomic mass is 10.0. The smallest absolute Gasteiger partial charge is 0.137 e. The lowest BCUT2D eigenvalue weighted by Crippen LogP contribution is -2.23. The fourth-order valence-corrected chi connectivity index (χ4v) is 4.75. The first-order chi connectivity index (χ1) is 21.0. The predicted octanol–water partition coefficient (Wildman–Crippen LogP) is 9.76. The summed E-state index contributed by atoms with van der Waals surface area (Å²) in [5.41, 5.74) is 14.0. The SMILES string of the molecule is C=C/C(=C\C/C(C)=C/C)C1=CNC(C/C(C=CCC)=C/CC2=C=CC(c3cnc(C4=CCC=CC=C4)[nH]3)=CC=C2C)=NC1. The van der Waals surface area contributed by atoms with Crippen molar-refractivity contribution >= 4 is 17.0 Å². The minimum atomic E-state index is 0.657. The molecule has 1 aliphatic heterocycles. The van der Waals surface area contributed by atoms with Crippen LogP contribution in [0.5, 0.6) is 0 Å². The van der Waals surface area contributed by atoms with E-state index < -0.39 is 0 Å². The highest BCUT2D eigenvalue weighted by Gasteiger charge is 2.12. The van der Waals surface area contributed by atoms with Crippen LogP contribution in [-0.4, -0.2) is 22.3 Å². The first-order valence-corrected chi connectivity index (χ1v) is 15.2. The van der Waals surface area contributed by atoms with E-state index in [-0.39, 0.29) is 0 Å². The van der Waals surface area contributed by atoms with Gasteiger partial charge in [0.1, 0.15) is 11.7 Å². The zero-order valence-corrected chi connectivity index (χ0v) is 26.1. The van der Waals surface area contributed by atoms with Gasteiger partial charge in [-0.3, -0.25) is 4.99 Å². The van der Waals surface area contributed by atoms with Gasteiger partial charge >= 0.3 is 0 Å². The minimum Gasteiger partial charge on any atom is -0.350 e. The van der Waals surface area contributed by atoms with E-state index in [0.29, 0.717) is 6.54 Å². The molecular weight excluding hydrogens is 524 g/mol. The molecule has 0 bridgehead atoms. The van der Waals surface area contributed by atoms with Gasteiger partial charge in [0.25, 0.3) is 0 Å². The second-order valence-corrected chi connectivity index (χ2v) is 10.8. The number of rotatable bonds is 12. The molecular formula is C39H44N4. The van der Waals surface area contributed by atoms with Gasteiger partial charge in [0.15, 0.2) is 0 Å². The van der Waals surface area contributed by atoms with Crippen molar-refractivity contribution in [1.29, 1.82) is 0 Å². The average molecular weight is 569 g/mol. The number of aliphatic imine (C=N–C) groups is 1. The standard InChI is InChI=1S/C39H44N4/c1-6-9-14-31(25-38-40-26-36(27-41-38)32(8-3)20-17-29(4)7-2)19-22-33-23-24-34(21-18-30(33)5)37-28-42-39(43-37)35-15-12-10-11-13-16-35/h7-12,14-16,18-21,24,26,28H,3,6,13,17,22,25,27H2,1-2,4-5H3,(H,40,41)(H,42,43)/b14-9?,29-7+,31-19+,32-20+. The zero-order chi connectivity index (χ0) is 30.4. The van der Waals surface area contributed by atoms with Crippen LogP contribution in [0.4, 0.5) is 0 Å². The molecule has 0 atom stereocenters. The van der Waals surface area contributed by atoms with E-state index in [0.717, 1.165) is 66.2 Å². The zero-order valence-electron chi connectivity index (χ0n) is 26.1. The van der Waals surface area contributed by atoms with E-state index in [1.165, 1.54) is 27.9 Å². The number of imidazole rings is 1. The molecule has 4 nitrogen and oxygen atoms in total. The topological polar surface area (TPSA) is 53.1 Å². The summed E-state index contributed by atoms with van der Waals surface area (Å²) in [5.74, 6) is 1.87. The summed E-state index contributed by atoms with van der Waals surface area (Å²) in [6.45, 7) is 13.2. The Hall–Kier alpha value is -4.66. The monoisotopic (exact) mass is 568 g/mol. The highest BCUT2D eigenvalue weighted by atomic mass is 15.0. The number of H-pyrrole nitrogens is 1. The third kappa shape index (κ3) is 9.16. The summed E-state index contributed by atoms with van der Waals surface area (Å²) in [6, 6.07) is 0. The number of amidine groups is 1. The van der Waals surface area contributed by atoms with Gasteiger partial charge in [0, 0.05) is 29.3 Å². The molecule has 2 heterocycles. The lowest BCUT2D eigenvalue weighted by Gasteiger charge is -2.17. The van der Waals surface area contributed by atoms with Crippen LogP contribution in [0, 0.1) is 0 Å². The largest absolute Gasteiger partial charge is 0.350 e. The molecule has 43 heavy (non-hydrogen) atoms. The molecule has 0 radical (unpaired) electrons. The van der Waals surface area contributed by atoms with Crippen LogP contribution < -0.4 is 5.32 Å². The molecule has 2 aliphatic carbocycles. The molecule has 0 saturated heterocycles. The maximum atomic E-state index is 4.87. The van der Waals surface area contributed by atoms with Crippen LogP contribution in [0.1, 0.15) is 71.3 Å². The average Bonchev–Trinajstić information content (AvgIpc) is 3.24. The van der Waals surface area contributed by atoms with Crippen molar-refractivity contribution in [3.63, 3.8) is 0 Å². The Bertz CT molecular complexity index is 1610. The Kier molecular flexibility index (Phi) is 11.7. The number of aromatic amines is 1. The Labute approximate surface area is 257 Å². The molecule has 1 aromatic rings. The number of aromatic nitrogens is 2. The third-order valence-corrected chi connectivity index (χ3v) is 7.64. The van der Waals surface area contributed by atoms with Crippen LogP contribution in [0.15, 0.2) is 148 Å². The van der Waals surface area contributed by atoms with Crippen molar-refractivity contribution in [3.05, 3.63) is 155 Å². The number of allylic oxidation sites excluding steroid dienone is 18. The van der Waals surface area contributed by atoms with Crippen LogP contribution in [0.25, 0.3) is 11.1 Å². The number of hydrogen-bond acceptors (Lipinski definition) is 3. The summed E-state index contributed by atoms with van der Waals surface area (Å²) in [7, 11) is 0. The molecule has 0 aromatic carbocycles. The fraction of sp³-hybridized carbons (Fsp3) is 0.256.